The molecule has 0 radical (unpaired) electrons. The first-order chi connectivity index (χ1) is 19.7. The van der Waals surface area contributed by atoms with E-state index in [9.17, 15) is 22.8 Å². The van der Waals surface area contributed by atoms with Gasteiger partial charge in [0, 0.05) is 19.0 Å². The zero-order valence-electron chi connectivity index (χ0n) is 21.5. The van der Waals surface area contributed by atoms with Crippen molar-refractivity contribution in [2.45, 2.75) is 31.5 Å². The number of ether oxygens (including phenoxy) is 1. The topological polar surface area (TPSA) is 122 Å². The van der Waals surface area contributed by atoms with Gasteiger partial charge in [-0.2, -0.15) is 0 Å². The maximum absolute atomic E-state index is 12.4. The fourth-order valence-corrected chi connectivity index (χ4v) is 5.24. The predicted octanol–water partition coefficient (Wildman–Crippen LogP) is 4.58. The van der Waals surface area contributed by atoms with Crippen molar-refractivity contribution in [3.8, 4) is 5.75 Å². The van der Waals surface area contributed by atoms with E-state index in [0.29, 0.717) is 23.1 Å². The van der Waals surface area contributed by atoms with Crippen LogP contribution in [0.25, 0.3) is 0 Å². The largest absolute Gasteiger partial charge is 0.573 e. The summed E-state index contributed by atoms with van der Waals surface area (Å²) in [6.07, 6.45) is -3.90. The number of rotatable bonds is 9. The Hall–Kier alpha value is -4.59. The molecular weight excluding hydrogens is 559 g/mol. The number of nitrogens with one attached hydrogen (secondary N) is 2. The minimum atomic E-state index is -4.81. The van der Waals surface area contributed by atoms with Crippen molar-refractivity contribution in [1.82, 2.24) is 20.4 Å². The molecular formula is C27H24F3N7O3S. The molecule has 1 aliphatic rings. The molecule has 14 heteroatoms. The molecule has 3 heterocycles. The highest BCUT2D eigenvalue weighted by atomic mass is 32.1. The lowest BCUT2D eigenvalue weighted by Gasteiger charge is -2.16. The molecule has 1 saturated heterocycles. The normalized spacial score (nSPS) is 15.0. The second-order valence-electron chi connectivity index (χ2n) is 9.28. The molecule has 1 aliphatic heterocycles. The van der Waals surface area contributed by atoms with Gasteiger partial charge in [-0.3, -0.25) is 9.59 Å². The molecule has 2 amide bonds. The highest BCUT2D eigenvalue weighted by Crippen LogP contribution is 2.33. The van der Waals surface area contributed by atoms with Gasteiger partial charge in [-0.05, 0) is 41.8 Å². The third-order valence-corrected chi connectivity index (χ3v) is 7.17. The summed E-state index contributed by atoms with van der Waals surface area (Å²) in [5.41, 5.74) is 1.27. The second-order valence-corrected chi connectivity index (χ2v) is 10.3. The van der Waals surface area contributed by atoms with E-state index in [1.54, 1.807) is 12.1 Å². The number of benzene rings is 2. The number of anilines is 3. The van der Waals surface area contributed by atoms with Crippen LogP contribution in [-0.4, -0.2) is 51.7 Å². The summed E-state index contributed by atoms with van der Waals surface area (Å²) in [5.74, 6) is -0.0432. The lowest BCUT2D eigenvalue weighted by Crippen LogP contribution is -2.21. The van der Waals surface area contributed by atoms with Crippen LogP contribution in [0.15, 0.2) is 66.7 Å². The van der Waals surface area contributed by atoms with Crippen LogP contribution in [0.3, 0.4) is 0 Å². The van der Waals surface area contributed by atoms with Gasteiger partial charge in [0.2, 0.25) is 16.9 Å². The fraction of sp³-hybridized carbons (Fsp3) is 0.259. The van der Waals surface area contributed by atoms with E-state index >= 15 is 0 Å². The van der Waals surface area contributed by atoms with Gasteiger partial charge in [0.15, 0.2) is 11.6 Å². The number of aromatic nitrogens is 4. The summed E-state index contributed by atoms with van der Waals surface area (Å²) in [7, 11) is 0. The van der Waals surface area contributed by atoms with E-state index < -0.39 is 18.0 Å². The number of alkyl halides is 3. The molecule has 212 valence electrons. The van der Waals surface area contributed by atoms with Gasteiger partial charge in [-0.1, -0.05) is 53.8 Å². The van der Waals surface area contributed by atoms with Gasteiger partial charge in [0.05, 0.1) is 12.8 Å². The number of nitrogens with zero attached hydrogens (tertiary/aromatic N) is 5. The molecule has 1 unspecified atom stereocenters. The lowest BCUT2D eigenvalue weighted by molar-refractivity contribution is -0.274. The molecule has 0 spiro atoms. The van der Waals surface area contributed by atoms with Crippen molar-refractivity contribution >= 4 is 39.9 Å². The Kier molecular flexibility index (Phi) is 8.38. The Morgan fingerprint density at radius 1 is 0.902 bits per heavy atom. The molecule has 2 aromatic heterocycles. The third kappa shape index (κ3) is 7.97. The van der Waals surface area contributed by atoms with E-state index in [4.69, 9.17) is 0 Å². The Labute approximate surface area is 236 Å². The number of hydrogen-bond donors (Lipinski definition) is 2. The van der Waals surface area contributed by atoms with Crippen LogP contribution in [0.1, 0.15) is 28.5 Å². The molecule has 0 saturated carbocycles. The van der Waals surface area contributed by atoms with Crippen LogP contribution in [0.5, 0.6) is 5.75 Å². The summed E-state index contributed by atoms with van der Waals surface area (Å²) in [6, 6.07) is 18.0. The first-order valence-electron chi connectivity index (χ1n) is 12.6. The fourth-order valence-electron chi connectivity index (χ4n) is 4.35. The van der Waals surface area contributed by atoms with Crippen LogP contribution < -0.4 is 20.3 Å². The first-order valence-corrected chi connectivity index (χ1v) is 13.4. The van der Waals surface area contributed by atoms with E-state index in [2.05, 4.69) is 35.8 Å². The molecule has 5 rings (SSSR count). The van der Waals surface area contributed by atoms with Crippen LogP contribution >= 0.6 is 11.3 Å². The summed E-state index contributed by atoms with van der Waals surface area (Å²) < 4.78 is 41.2. The molecule has 4 aromatic rings. The zero-order chi connectivity index (χ0) is 28.8. The SMILES string of the molecule is O=C(Cc1cccc(OC(F)(F)F)c1)Nc1ccc(N2CCC(c3nnc(NC(=O)Cc4ccccc4)s3)C2)nn1. The second kappa shape index (κ2) is 12.3. The summed E-state index contributed by atoms with van der Waals surface area (Å²) in [5, 5.41) is 23.4. The third-order valence-electron chi connectivity index (χ3n) is 6.17. The van der Waals surface area contributed by atoms with Crippen molar-refractivity contribution in [3.63, 3.8) is 0 Å². The number of halogens is 3. The van der Waals surface area contributed by atoms with Crippen LogP contribution in [-0.2, 0) is 22.4 Å². The summed E-state index contributed by atoms with van der Waals surface area (Å²) in [6.45, 7) is 1.36. The Morgan fingerprint density at radius 2 is 1.66 bits per heavy atom. The number of carbonyl (C=O) groups is 2. The number of carbonyl (C=O) groups excluding carboxylic acids is 2. The van der Waals surface area contributed by atoms with Crippen molar-refractivity contribution in [1.29, 1.82) is 0 Å². The van der Waals surface area contributed by atoms with Crippen molar-refractivity contribution in [2.24, 2.45) is 0 Å². The Morgan fingerprint density at radius 3 is 2.41 bits per heavy atom. The molecule has 1 atom stereocenters. The smallest absolute Gasteiger partial charge is 0.406 e. The molecule has 0 bridgehead atoms. The highest BCUT2D eigenvalue weighted by Gasteiger charge is 2.31. The molecule has 0 aliphatic carbocycles. The minimum Gasteiger partial charge on any atom is -0.406 e. The van der Waals surface area contributed by atoms with Crippen LogP contribution in [0.4, 0.5) is 29.9 Å². The van der Waals surface area contributed by atoms with Crippen molar-refractivity contribution in [2.75, 3.05) is 28.6 Å². The molecule has 41 heavy (non-hydrogen) atoms. The van der Waals surface area contributed by atoms with E-state index in [1.165, 1.54) is 23.5 Å². The standard InChI is InChI=1S/C27H24F3N7O3S/c28-27(29,30)40-20-8-4-7-18(13-20)15-23(38)31-21-9-10-22(34-33-21)37-12-11-19(16-37)25-35-36-26(41-25)32-24(39)14-17-5-2-1-3-6-17/h1-10,13,19H,11-12,14-16H2,(H,31,33,38)(H,32,36,39). The van der Waals surface area contributed by atoms with Crippen LogP contribution in [0.2, 0.25) is 0 Å². The number of hydrogen-bond acceptors (Lipinski definition) is 9. The molecule has 1 fully saturated rings. The van der Waals surface area contributed by atoms with Crippen LogP contribution in [0, 0.1) is 0 Å². The van der Waals surface area contributed by atoms with Gasteiger partial charge in [0.25, 0.3) is 0 Å². The van der Waals surface area contributed by atoms with E-state index in [-0.39, 0.29) is 30.5 Å². The van der Waals surface area contributed by atoms with Gasteiger partial charge in [-0.15, -0.1) is 33.6 Å². The van der Waals surface area contributed by atoms with E-state index in [1.807, 2.05) is 35.2 Å². The summed E-state index contributed by atoms with van der Waals surface area (Å²) >= 11 is 1.35. The average molecular weight is 584 g/mol. The van der Waals surface area contributed by atoms with Crippen molar-refractivity contribution in [3.05, 3.63) is 82.9 Å². The van der Waals surface area contributed by atoms with Crippen molar-refractivity contribution < 1.29 is 27.5 Å². The van der Waals surface area contributed by atoms with Gasteiger partial charge < -0.3 is 20.3 Å². The monoisotopic (exact) mass is 583 g/mol. The molecule has 10 nitrogen and oxygen atoms in total. The Bertz CT molecular complexity index is 1500. The predicted molar refractivity (Wildman–Crippen MR) is 146 cm³/mol. The van der Waals surface area contributed by atoms with Gasteiger partial charge in [-0.25, -0.2) is 0 Å². The Balaban J connectivity index is 1.11. The number of amides is 2. The summed E-state index contributed by atoms with van der Waals surface area (Å²) in [4.78, 5) is 26.8. The quantitative estimate of drug-likeness (QED) is 0.294. The van der Waals surface area contributed by atoms with E-state index in [0.717, 1.165) is 35.7 Å². The molecule has 2 aromatic carbocycles. The van der Waals surface area contributed by atoms with Gasteiger partial charge >= 0.3 is 6.36 Å². The minimum absolute atomic E-state index is 0.116. The zero-order valence-corrected chi connectivity index (χ0v) is 22.3. The van der Waals surface area contributed by atoms with Gasteiger partial charge in [0.1, 0.15) is 10.8 Å². The molecule has 2 N–H and O–H groups in total. The maximum atomic E-state index is 12.4. The average Bonchev–Trinajstić information content (AvgIpc) is 3.59. The lowest BCUT2D eigenvalue weighted by atomic mass is 10.1. The maximum Gasteiger partial charge on any atom is 0.573 e. The highest BCUT2D eigenvalue weighted by molar-refractivity contribution is 7.15. The first kappa shape index (κ1) is 28.0.